The zero-order valence-electron chi connectivity index (χ0n) is 8.55. The minimum atomic E-state index is 0.737. The Kier molecular flexibility index (Phi) is 5.94. The van der Waals surface area contributed by atoms with Crippen LogP contribution in [0.15, 0.2) is 12.1 Å². The van der Waals surface area contributed by atoms with Crippen LogP contribution >= 0.6 is 34.7 Å². The summed E-state index contributed by atoms with van der Waals surface area (Å²) in [7, 11) is 0. The highest BCUT2D eigenvalue weighted by Gasteiger charge is 2.01. The average Bonchev–Trinajstić information content (AvgIpc) is 2.52. The Morgan fingerprint density at radius 2 is 2.36 bits per heavy atom. The molecular weight excluding hydrogens is 234 g/mol. The molecule has 0 amide bonds. The quantitative estimate of drug-likeness (QED) is 0.829. The molecule has 1 atom stereocenters. The van der Waals surface area contributed by atoms with Crippen molar-refractivity contribution in [1.82, 2.24) is 5.32 Å². The smallest absolute Gasteiger partial charge is 0.0931 e. The molecule has 1 aromatic rings. The fraction of sp³-hybridized carbons (Fsp3) is 0.600. The van der Waals surface area contributed by atoms with Crippen molar-refractivity contribution in [3.8, 4) is 0 Å². The molecular formula is C10H16ClNS2. The van der Waals surface area contributed by atoms with E-state index in [0.29, 0.717) is 0 Å². The number of thioether (sulfide) groups is 1. The molecule has 80 valence electrons. The van der Waals surface area contributed by atoms with E-state index in [9.17, 15) is 0 Å². The van der Waals surface area contributed by atoms with Gasteiger partial charge in [-0.2, -0.15) is 11.8 Å². The SMILES string of the molecule is CSCC(C)CNCc1ccc(Cl)s1. The molecule has 0 fully saturated rings. The van der Waals surface area contributed by atoms with Crippen LogP contribution in [0.3, 0.4) is 0 Å². The monoisotopic (exact) mass is 249 g/mol. The molecule has 1 heterocycles. The van der Waals surface area contributed by atoms with Gasteiger partial charge in [-0.3, -0.25) is 0 Å². The van der Waals surface area contributed by atoms with Crippen LogP contribution in [0.25, 0.3) is 0 Å². The lowest BCUT2D eigenvalue weighted by Crippen LogP contribution is -2.21. The highest BCUT2D eigenvalue weighted by atomic mass is 35.5. The molecule has 0 aliphatic heterocycles. The van der Waals surface area contributed by atoms with Crippen molar-refractivity contribution in [1.29, 1.82) is 0 Å². The van der Waals surface area contributed by atoms with Gasteiger partial charge >= 0.3 is 0 Å². The minimum Gasteiger partial charge on any atom is -0.312 e. The lowest BCUT2D eigenvalue weighted by molar-refractivity contribution is 0.562. The van der Waals surface area contributed by atoms with E-state index < -0.39 is 0 Å². The van der Waals surface area contributed by atoms with Gasteiger partial charge in [-0.1, -0.05) is 18.5 Å². The van der Waals surface area contributed by atoms with Crippen LogP contribution in [0.5, 0.6) is 0 Å². The summed E-state index contributed by atoms with van der Waals surface area (Å²) in [6.07, 6.45) is 2.15. The number of hydrogen-bond acceptors (Lipinski definition) is 3. The maximum absolute atomic E-state index is 5.84. The first-order chi connectivity index (χ1) is 6.72. The van der Waals surface area contributed by atoms with Gasteiger partial charge in [0.25, 0.3) is 0 Å². The van der Waals surface area contributed by atoms with Crippen LogP contribution in [0.1, 0.15) is 11.8 Å². The zero-order chi connectivity index (χ0) is 10.4. The molecule has 0 aliphatic rings. The van der Waals surface area contributed by atoms with E-state index in [1.54, 1.807) is 11.3 Å². The second-order valence-corrected chi connectivity index (χ2v) is 6.11. The normalized spacial score (nSPS) is 13.1. The van der Waals surface area contributed by atoms with E-state index in [4.69, 9.17) is 11.6 Å². The lowest BCUT2D eigenvalue weighted by atomic mass is 10.2. The molecule has 1 N–H and O–H groups in total. The fourth-order valence-electron chi connectivity index (χ4n) is 1.23. The van der Waals surface area contributed by atoms with Crippen LogP contribution in [-0.4, -0.2) is 18.6 Å². The van der Waals surface area contributed by atoms with Crippen LogP contribution < -0.4 is 5.32 Å². The van der Waals surface area contributed by atoms with E-state index in [1.165, 1.54) is 10.6 Å². The number of nitrogens with one attached hydrogen (secondary N) is 1. The van der Waals surface area contributed by atoms with Crippen molar-refractivity contribution in [3.05, 3.63) is 21.3 Å². The molecule has 14 heavy (non-hydrogen) atoms. The van der Waals surface area contributed by atoms with E-state index in [0.717, 1.165) is 23.3 Å². The Balaban J connectivity index is 2.15. The average molecular weight is 250 g/mol. The van der Waals surface area contributed by atoms with Gasteiger partial charge in [-0.25, -0.2) is 0 Å². The van der Waals surface area contributed by atoms with Crippen molar-refractivity contribution in [2.24, 2.45) is 5.92 Å². The van der Waals surface area contributed by atoms with Crippen molar-refractivity contribution in [3.63, 3.8) is 0 Å². The number of thiophene rings is 1. The predicted octanol–water partition coefficient (Wildman–Crippen LogP) is 3.49. The summed E-state index contributed by atoms with van der Waals surface area (Å²) in [6, 6.07) is 4.04. The summed E-state index contributed by atoms with van der Waals surface area (Å²) in [5.74, 6) is 1.96. The van der Waals surface area contributed by atoms with Crippen molar-refractivity contribution < 1.29 is 0 Å². The Bertz CT molecular complexity index is 262. The van der Waals surface area contributed by atoms with Crippen LogP contribution in [-0.2, 0) is 6.54 Å². The molecule has 0 saturated carbocycles. The minimum absolute atomic E-state index is 0.737. The van der Waals surface area contributed by atoms with Crippen LogP contribution in [0.2, 0.25) is 4.34 Å². The van der Waals surface area contributed by atoms with Crippen LogP contribution in [0, 0.1) is 5.92 Å². The van der Waals surface area contributed by atoms with Gasteiger partial charge in [0.2, 0.25) is 0 Å². The molecule has 4 heteroatoms. The predicted molar refractivity (Wildman–Crippen MR) is 68.6 cm³/mol. The maximum Gasteiger partial charge on any atom is 0.0931 e. The number of rotatable bonds is 6. The third-order valence-electron chi connectivity index (χ3n) is 1.87. The highest BCUT2D eigenvalue weighted by Crippen LogP contribution is 2.21. The van der Waals surface area contributed by atoms with Crippen molar-refractivity contribution in [2.75, 3.05) is 18.6 Å². The topological polar surface area (TPSA) is 12.0 Å². The van der Waals surface area contributed by atoms with E-state index in [2.05, 4.69) is 24.6 Å². The Morgan fingerprint density at radius 1 is 1.57 bits per heavy atom. The maximum atomic E-state index is 5.84. The summed E-state index contributed by atoms with van der Waals surface area (Å²) in [5, 5.41) is 3.44. The standard InChI is InChI=1S/C10H16ClNS2/c1-8(7-13-2)5-12-6-9-3-4-10(11)14-9/h3-4,8,12H,5-7H2,1-2H3. The zero-order valence-corrected chi connectivity index (χ0v) is 10.9. The Morgan fingerprint density at radius 3 is 2.93 bits per heavy atom. The molecule has 0 aliphatic carbocycles. The van der Waals surface area contributed by atoms with Gasteiger partial charge in [0, 0.05) is 11.4 Å². The fourth-order valence-corrected chi connectivity index (χ4v) is 2.98. The number of halogens is 1. The first kappa shape index (κ1) is 12.4. The largest absolute Gasteiger partial charge is 0.312 e. The molecule has 0 bridgehead atoms. The molecule has 1 rings (SSSR count). The molecule has 0 saturated heterocycles. The van der Waals surface area contributed by atoms with Gasteiger partial charge in [0.05, 0.1) is 4.34 Å². The summed E-state index contributed by atoms with van der Waals surface area (Å²) < 4.78 is 0.874. The van der Waals surface area contributed by atoms with E-state index in [1.807, 2.05) is 17.8 Å². The molecule has 0 radical (unpaired) electrons. The van der Waals surface area contributed by atoms with Gasteiger partial charge in [-0.15, -0.1) is 11.3 Å². The van der Waals surface area contributed by atoms with E-state index >= 15 is 0 Å². The summed E-state index contributed by atoms with van der Waals surface area (Å²) in [5.41, 5.74) is 0. The summed E-state index contributed by atoms with van der Waals surface area (Å²) >= 11 is 9.39. The lowest BCUT2D eigenvalue weighted by Gasteiger charge is -2.09. The molecule has 1 nitrogen and oxygen atoms in total. The Hall–Kier alpha value is 0.300. The molecule has 0 aromatic carbocycles. The van der Waals surface area contributed by atoms with Crippen molar-refractivity contribution >= 4 is 34.7 Å². The summed E-state index contributed by atoms with van der Waals surface area (Å²) in [4.78, 5) is 1.31. The van der Waals surface area contributed by atoms with E-state index in [-0.39, 0.29) is 0 Å². The Labute approximate surface area is 99.2 Å². The summed E-state index contributed by atoms with van der Waals surface area (Å²) in [6.45, 7) is 4.29. The second-order valence-electron chi connectivity index (χ2n) is 3.40. The second kappa shape index (κ2) is 6.72. The van der Waals surface area contributed by atoms with Gasteiger partial charge in [-0.05, 0) is 36.6 Å². The molecule has 0 spiro atoms. The van der Waals surface area contributed by atoms with Crippen LogP contribution in [0.4, 0.5) is 0 Å². The number of hydrogen-bond donors (Lipinski definition) is 1. The molecule has 1 aromatic heterocycles. The third-order valence-corrected chi connectivity index (χ3v) is 4.01. The first-order valence-electron chi connectivity index (χ1n) is 4.66. The highest BCUT2D eigenvalue weighted by molar-refractivity contribution is 7.98. The van der Waals surface area contributed by atoms with Gasteiger partial charge < -0.3 is 5.32 Å². The van der Waals surface area contributed by atoms with Gasteiger partial charge in [0.1, 0.15) is 0 Å². The molecule has 1 unspecified atom stereocenters. The van der Waals surface area contributed by atoms with Gasteiger partial charge in [0.15, 0.2) is 0 Å². The third kappa shape index (κ3) is 4.69. The van der Waals surface area contributed by atoms with Crippen molar-refractivity contribution in [2.45, 2.75) is 13.5 Å². The first-order valence-corrected chi connectivity index (χ1v) is 7.25.